The quantitative estimate of drug-likeness (QED) is 0.298. The number of aryl methyl sites for hydroxylation is 2. The van der Waals surface area contributed by atoms with Gasteiger partial charge in [0.1, 0.15) is 6.04 Å². The van der Waals surface area contributed by atoms with Crippen LogP contribution in [0.25, 0.3) is 0 Å². The molecule has 2 amide bonds. The molecule has 5 heteroatoms. The lowest BCUT2D eigenvalue weighted by atomic mass is 10.0. The van der Waals surface area contributed by atoms with Gasteiger partial charge in [0.25, 0.3) is 0 Å². The van der Waals surface area contributed by atoms with Gasteiger partial charge in [0.15, 0.2) is 0 Å². The largest absolute Gasteiger partial charge is 0.352 e. The Bertz CT molecular complexity index is 1160. The van der Waals surface area contributed by atoms with E-state index in [1.54, 1.807) is 11.8 Å². The van der Waals surface area contributed by atoms with E-state index in [4.69, 9.17) is 0 Å². The molecule has 1 saturated carbocycles. The van der Waals surface area contributed by atoms with Gasteiger partial charge in [-0.3, -0.25) is 9.59 Å². The topological polar surface area (TPSA) is 49.4 Å². The van der Waals surface area contributed by atoms with Crippen molar-refractivity contribution >= 4 is 23.6 Å². The van der Waals surface area contributed by atoms with Crippen molar-refractivity contribution in [3.05, 3.63) is 101 Å². The Morgan fingerprint density at radius 3 is 2.30 bits per heavy atom. The first kappa shape index (κ1) is 27.0. The van der Waals surface area contributed by atoms with Gasteiger partial charge in [0, 0.05) is 36.1 Å². The predicted molar refractivity (Wildman–Crippen MR) is 153 cm³/mol. The molecule has 3 aromatic rings. The summed E-state index contributed by atoms with van der Waals surface area (Å²) in [6, 6.07) is 26.2. The van der Waals surface area contributed by atoms with Gasteiger partial charge in [-0.25, -0.2) is 0 Å². The Balaban J connectivity index is 1.56. The number of benzene rings is 3. The number of carbonyl (C=O) groups is 2. The van der Waals surface area contributed by atoms with Crippen LogP contribution in [0.5, 0.6) is 0 Å². The molecule has 0 bridgehead atoms. The number of amides is 2. The highest BCUT2D eigenvalue weighted by Gasteiger charge is 2.32. The summed E-state index contributed by atoms with van der Waals surface area (Å²) in [5, 5.41) is 3.28. The molecule has 0 aliphatic heterocycles. The Morgan fingerprint density at radius 2 is 1.59 bits per heavy atom. The summed E-state index contributed by atoms with van der Waals surface area (Å²) < 4.78 is 0. The molecule has 0 heterocycles. The van der Waals surface area contributed by atoms with E-state index in [-0.39, 0.29) is 17.9 Å². The fourth-order valence-electron chi connectivity index (χ4n) is 4.93. The summed E-state index contributed by atoms with van der Waals surface area (Å²) in [7, 11) is 0. The maximum Gasteiger partial charge on any atom is 0.243 e. The number of carbonyl (C=O) groups excluding carboxylic acids is 2. The monoisotopic (exact) mass is 514 g/mol. The van der Waals surface area contributed by atoms with Crippen LogP contribution < -0.4 is 5.32 Å². The average molecular weight is 515 g/mol. The molecular formula is C32H38N2O2S. The third-order valence-corrected chi connectivity index (χ3v) is 8.19. The van der Waals surface area contributed by atoms with Crippen LogP contribution in [0.4, 0.5) is 0 Å². The highest BCUT2D eigenvalue weighted by molar-refractivity contribution is 7.99. The van der Waals surface area contributed by atoms with Crippen molar-refractivity contribution in [1.29, 1.82) is 0 Å². The minimum absolute atomic E-state index is 0.0189. The normalized spacial score (nSPS) is 14.3. The molecular weight excluding hydrogens is 476 g/mol. The number of rotatable bonds is 11. The van der Waals surface area contributed by atoms with Crippen molar-refractivity contribution in [1.82, 2.24) is 10.2 Å². The molecule has 4 rings (SSSR count). The van der Waals surface area contributed by atoms with Gasteiger partial charge >= 0.3 is 0 Å². The Morgan fingerprint density at radius 1 is 0.919 bits per heavy atom. The van der Waals surface area contributed by atoms with Crippen LogP contribution in [-0.4, -0.2) is 34.6 Å². The lowest BCUT2D eigenvalue weighted by molar-refractivity contribution is -0.141. The van der Waals surface area contributed by atoms with Gasteiger partial charge in [-0.2, -0.15) is 0 Å². The second-order valence-corrected chi connectivity index (χ2v) is 11.2. The van der Waals surface area contributed by atoms with Gasteiger partial charge in [-0.1, -0.05) is 85.1 Å². The van der Waals surface area contributed by atoms with Crippen molar-refractivity contribution in [2.24, 2.45) is 0 Å². The van der Waals surface area contributed by atoms with Gasteiger partial charge in [0.05, 0.1) is 0 Å². The minimum atomic E-state index is -0.556. The standard InChI is InChI=1S/C32H38N2O2S/c1-24-16-18-29(19-17-24)37-21-20-31(35)34(23-27-13-7-6-10-25(27)2)30(22-26-11-4-3-5-12-26)32(36)33-28-14-8-9-15-28/h3-7,10-13,16-19,28,30H,8-9,14-15,20-23H2,1-2H3,(H,33,36)/t30-/m1/s1. The second-order valence-electron chi connectivity index (χ2n) is 10.1. The summed E-state index contributed by atoms with van der Waals surface area (Å²) in [6.45, 7) is 4.57. The van der Waals surface area contributed by atoms with Crippen LogP contribution in [0.2, 0.25) is 0 Å². The first-order valence-corrected chi connectivity index (χ1v) is 14.4. The molecule has 4 nitrogen and oxygen atoms in total. The number of nitrogens with zero attached hydrogens (tertiary/aromatic N) is 1. The molecule has 3 aromatic carbocycles. The highest BCUT2D eigenvalue weighted by atomic mass is 32.2. The molecule has 194 valence electrons. The molecule has 1 aliphatic carbocycles. The number of thioether (sulfide) groups is 1. The third-order valence-electron chi connectivity index (χ3n) is 7.18. The fourth-order valence-corrected chi connectivity index (χ4v) is 5.77. The van der Waals surface area contributed by atoms with Crippen LogP contribution >= 0.6 is 11.8 Å². The summed E-state index contributed by atoms with van der Waals surface area (Å²) in [5.74, 6) is 0.656. The van der Waals surface area contributed by atoms with E-state index in [1.807, 2.05) is 47.4 Å². The van der Waals surface area contributed by atoms with E-state index in [0.29, 0.717) is 25.1 Å². The van der Waals surface area contributed by atoms with E-state index >= 15 is 0 Å². The van der Waals surface area contributed by atoms with Crippen molar-refractivity contribution < 1.29 is 9.59 Å². The molecule has 0 unspecified atom stereocenters. The predicted octanol–water partition coefficient (Wildman–Crippen LogP) is 6.48. The van der Waals surface area contributed by atoms with Crippen molar-refractivity contribution in [2.45, 2.75) is 75.9 Å². The van der Waals surface area contributed by atoms with E-state index in [2.05, 4.69) is 55.6 Å². The molecule has 37 heavy (non-hydrogen) atoms. The van der Waals surface area contributed by atoms with Crippen molar-refractivity contribution in [2.75, 3.05) is 5.75 Å². The first-order valence-electron chi connectivity index (χ1n) is 13.4. The van der Waals surface area contributed by atoms with Crippen molar-refractivity contribution in [3.63, 3.8) is 0 Å². The lowest BCUT2D eigenvalue weighted by Crippen LogP contribution is -2.52. The fraction of sp³-hybridized carbons (Fsp3) is 0.375. The average Bonchev–Trinajstić information content (AvgIpc) is 3.42. The third kappa shape index (κ3) is 7.96. The first-order chi connectivity index (χ1) is 18.0. The van der Waals surface area contributed by atoms with Crippen molar-refractivity contribution in [3.8, 4) is 0 Å². The second kappa shape index (κ2) is 13.5. The van der Waals surface area contributed by atoms with Crippen LogP contribution in [0.3, 0.4) is 0 Å². The molecule has 0 saturated heterocycles. The van der Waals surface area contributed by atoms with Gasteiger partial charge in [0.2, 0.25) is 11.8 Å². The smallest absolute Gasteiger partial charge is 0.243 e. The Hall–Kier alpha value is -3.05. The summed E-state index contributed by atoms with van der Waals surface area (Å²) in [4.78, 5) is 30.5. The van der Waals surface area contributed by atoms with E-state index in [0.717, 1.165) is 47.3 Å². The van der Waals surface area contributed by atoms with Gasteiger partial charge in [-0.05, 0) is 55.5 Å². The maximum atomic E-state index is 13.8. The molecule has 1 fully saturated rings. The van der Waals surface area contributed by atoms with E-state index < -0.39 is 6.04 Å². The highest BCUT2D eigenvalue weighted by Crippen LogP contribution is 2.23. The zero-order chi connectivity index (χ0) is 26.0. The number of hydrogen-bond acceptors (Lipinski definition) is 3. The minimum Gasteiger partial charge on any atom is -0.352 e. The zero-order valence-corrected chi connectivity index (χ0v) is 22.8. The van der Waals surface area contributed by atoms with Crippen LogP contribution in [0.1, 0.15) is 54.4 Å². The molecule has 1 N–H and O–H groups in total. The number of nitrogens with one attached hydrogen (secondary N) is 1. The molecule has 1 atom stereocenters. The maximum absolute atomic E-state index is 13.8. The van der Waals surface area contributed by atoms with Crippen LogP contribution in [0, 0.1) is 13.8 Å². The number of hydrogen-bond donors (Lipinski definition) is 1. The zero-order valence-electron chi connectivity index (χ0n) is 22.0. The van der Waals surface area contributed by atoms with Gasteiger partial charge < -0.3 is 10.2 Å². The lowest BCUT2D eigenvalue weighted by Gasteiger charge is -2.33. The Labute approximate surface area is 225 Å². The van der Waals surface area contributed by atoms with E-state index in [9.17, 15) is 9.59 Å². The van der Waals surface area contributed by atoms with E-state index in [1.165, 1.54) is 5.56 Å². The molecule has 0 spiro atoms. The molecule has 0 aromatic heterocycles. The summed E-state index contributed by atoms with van der Waals surface area (Å²) >= 11 is 1.69. The SMILES string of the molecule is Cc1ccc(SCCC(=O)N(Cc2ccccc2C)[C@H](Cc2ccccc2)C(=O)NC2CCCC2)cc1. The molecule has 1 aliphatic rings. The summed E-state index contributed by atoms with van der Waals surface area (Å²) in [5.41, 5.74) is 4.49. The molecule has 0 radical (unpaired) electrons. The van der Waals surface area contributed by atoms with Gasteiger partial charge in [-0.15, -0.1) is 11.8 Å². The summed E-state index contributed by atoms with van der Waals surface area (Å²) in [6.07, 6.45) is 5.22. The van der Waals surface area contributed by atoms with Crippen LogP contribution in [0.15, 0.2) is 83.8 Å². The Kier molecular flexibility index (Phi) is 9.84. The van der Waals surface area contributed by atoms with Crippen LogP contribution in [-0.2, 0) is 22.6 Å².